The van der Waals surface area contributed by atoms with Gasteiger partial charge in [0.25, 0.3) is 5.91 Å². The Bertz CT molecular complexity index is 1380. The Kier molecular flexibility index (Phi) is 6.91. The van der Waals surface area contributed by atoms with Crippen LogP contribution >= 0.6 is 11.6 Å². The van der Waals surface area contributed by atoms with Crippen molar-refractivity contribution < 1.29 is 19.4 Å². The van der Waals surface area contributed by atoms with Crippen molar-refractivity contribution in [2.24, 2.45) is 11.7 Å². The first kappa shape index (κ1) is 25.2. The first-order valence-corrected chi connectivity index (χ1v) is 12.7. The molecule has 1 saturated carbocycles. The molecular formula is C29H27ClFN3O3. The second-order valence-electron chi connectivity index (χ2n) is 9.65. The highest BCUT2D eigenvalue weighted by atomic mass is 35.5. The smallest absolute Gasteiger partial charge is 0.257 e. The van der Waals surface area contributed by atoms with Gasteiger partial charge in [-0.15, -0.1) is 0 Å². The van der Waals surface area contributed by atoms with Crippen molar-refractivity contribution in [1.82, 2.24) is 9.88 Å². The summed E-state index contributed by atoms with van der Waals surface area (Å²) >= 11 is 6.07. The molecule has 5 rings (SSSR count). The van der Waals surface area contributed by atoms with Crippen LogP contribution in [0, 0.1) is 23.7 Å². The molecule has 6 nitrogen and oxygen atoms in total. The van der Waals surface area contributed by atoms with Crippen molar-refractivity contribution in [1.29, 1.82) is 0 Å². The minimum atomic E-state index is -2.10. The third-order valence-corrected chi connectivity index (χ3v) is 7.63. The monoisotopic (exact) mass is 519 g/mol. The summed E-state index contributed by atoms with van der Waals surface area (Å²) in [5.41, 5.74) is 4.74. The van der Waals surface area contributed by atoms with Gasteiger partial charge in [-0.2, -0.15) is 0 Å². The maximum absolute atomic E-state index is 15.8. The van der Waals surface area contributed by atoms with Gasteiger partial charge in [-0.05, 0) is 66.6 Å². The van der Waals surface area contributed by atoms with Crippen LogP contribution in [0.4, 0.5) is 4.39 Å². The van der Waals surface area contributed by atoms with E-state index in [9.17, 15) is 15.0 Å². The number of aliphatic hydroxyl groups is 2. The predicted molar refractivity (Wildman–Crippen MR) is 138 cm³/mol. The quantitative estimate of drug-likeness (QED) is 0.338. The van der Waals surface area contributed by atoms with Crippen LogP contribution in [-0.4, -0.2) is 26.0 Å². The molecule has 0 saturated heterocycles. The molecule has 1 aliphatic carbocycles. The molecule has 37 heavy (non-hydrogen) atoms. The number of benzene rings is 2. The average molecular weight is 520 g/mol. The van der Waals surface area contributed by atoms with Gasteiger partial charge in [-0.3, -0.25) is 14.7 Å². The first-order valence-electron chi connectivity index (χ1n) is 12.3. The molecule has 4 N–H and O–H groups in total. The molecule has 3 aromatic rings. The summed E-state index contributed by atoms with van der Waals surface area (Å²) in [6, 6.07) is 14.7. The molecule has 1 aliphatic heterocycles. The topological polar surface area (TPSA) is 99.7 Å². The van der Waals surface area contributed by atoms with Gasteiger partial charge < -0.3 is 15.9 Å². The van der Waals surface area contributed by atoms with Gasteiger partial charge in [0.15, 0.2) is 5.72 Å². The van der Waals surface area contributed by atoms with Crippen molar-refractivity contribution in [3.63, 3.8) is 0 Å². The molecular weight excluding hydrogens is 493 g/mol. The number of amides is 1. The van der Waals surface area contributed by atoms with Crippen LogP contribution in [0.2, 0.25) is 5.02 Å². The normalized spacial score (nSPS) is 20.3. The molecule has 2 heterocycles. The highest BCUT2D eigenvalue weighted by molar-refractivity contribution is 6.30. The van der Waals surface area contributed by atoms with E-state index in [1.807, 2.05) is 0 Å². The highest BCUT2D eigenvalue weighted by Gasteiger charge is 2.52. The van der Waals surface area contributed by atoms with E-state index in [2.05, 4.69) is 16.9 Å². The van der Waals surface area contributed by atoms with Crippen LogP contribution in [0.1, 0.15) is 76.5 Å². The van der Waals surface area contributed by atoms with E-state index in [-0.39, 0.29) is 29.2 Å². The van der Waals surface area contributed by atoms with E-state index in [0.717, 1.165) is 32.1 Å². The Labute approximate surface area is 219 Å². The number of pyridine rings is 1. The highest BCUT2D eigenvalue weighted by Crippen LogP contribution is 2.46. The summed E-state index contributed by atoms with van der Waals surface area (Å²) in [6.07, 6.45) is 5.49. The van der Waals surface area contributed by atoms with E-state index in [1.165, 1.54) is 23.2 Å². The molecule has 0 radical (unpaired) electrons. The molecule has 0 bridgehead atoms. The van der Waals surface area contributed by atoms with E-state index < -0.39 is 23.6 Å². The number of hydrogen-bond acceptors (Lipinski definition) is 5. The number of aliphatic hydroxyl groups excluding tert-OH is 1. The molecule has 2 atom stereocenters. The Morgan fingerprint density at radius 2 is 1.89 bits per heavy atom. The molecule has 1 aromatic heterocycles. The number of halogens is 2. The number of rotatable bonds is 5. The van der Waals surface area contributed by atoms with Crippen molar-refractivity contribution in [2.75, 3.05) is 0 Å². The first-order chi connectivity index (χ1) is 17.8. The Hall–Kier alpha value is -3.44. The van der Waals surface area contributed by atoms with Crippen LogP contribution in [0.15, 0.2) is 54.7 Å². The minimum Gasteiger partial charge on any atom is -0.388 e. The lowest BCUT2D eigenvalue weighted by molar-refractivity contribution is -0.0567. The van der Waals surface area contributed by atoms with Crippen molar-refractivity contribution in [3.05, 3.63) is 99.1 Å². The summed E-state index contributed by atoms with van der Waals surface area (Å²) < 4.78 is 15.8. The maximum Gasteiger partial charge on any atom is 0.257 e. The van der Waals surface area contributed by atoms with E-state index in [1.54, 1.807) is 36.4 Å². The van der Waals surface area contributed by atoms with Gasteiger partial charge in [0.05, 0.1) is 29.5 Å². The van der Waals surface area contributed by atoms with E-state index in [0.29, 0.717) is 21.8 Å². The minimum absolute atomic E-state index is 0.00768. The van der Waals surface area contributed by atoms with Crippen LogP contribution < -0.4 is 5.73 Å². The summed E-state index contributed by atoms with van der Waals surface area (Å²) in [4.78, 5) is 19.3. The number of nitrogens with two attached hydrogens (primary N) is 1. The zero-order valence-corrected chi connectivity index (χ0v) is 20.9. The zero-order valence-electron chi connectivity index (χ0n) is 20.1. The van der Waals surface area contributed by atoms with Crippen molar-refractivity contribution >= 4 is 17.5 Å². The largest absolute Gasteiger partial charge is 0.388 e. The van der Waals surface area contributed by atoms with E-state index in [4.69, 9.17) is 17.3 Å². The maximum atomic E-state index is 15.8. The Balaban J connectivity index is 1.59. The summed E-state index contributed by atoms with van der Waals surface area (Å²) in [5.74, 6) is 1.40. The predicted octanol–water partition coefficient (Wildman–Crippen LogP) is 4.60. The molecule has 2 aliphatic rings. The second-order valence-corrected chi connectivity index (χ2v) is 10.1. The number of fused-ring (bicyclic) bond motifs is 1. The SMILES string of the molecule is NC#Cc1ccc(CN2C(=O)c3cc(C(O)C4CCCCC4)cc(F)c3C2(O)c2ccc(Cl)cc2)nc1. The zero-order chi connectivity index (χ0) is 26.2. The van der Waals surface area contributed by atoms with Crippen LogP contribution in [0.5, 0.6) is 0 Å². The van der Waals surface area contributed by atoms with Crippen LogP contribution in [0.3, 0.4) is 0 Å². The van der Waals surface area contributed by atoms with Crippen molar-refractivity contribution in [2.45, 2.75) is 50.5 Å². The molecule has 1 amide bonds. The second kappa shape index (κ2) is 10.1. The number of aromatic nitrogens is 1. The van der Waals surface area contributed by atoms with Gasteiger partial charge in [0.2, 0.25) is 0 Å². The van der Waals surface area contributed by atoms with Gasteiger partial charge in [-0.25, -0.2) is 4.39 Å². The molecule has 190 valence electrons. The Morgan fingerprint density at radius 3 is 2.54 bits per heavy atom. The summed E-state index contributed by atoms with van der Waals surface area (Å²) in [6.45, 7) is -0.0943. The van der Waals surface area contributed by atoms with Crippen LogP contribution in [-0.2, 0) is 12.3 Å². The molecule has 1 fully saturated rings. The lowest BCUT2D eigenvalue weighted by Crippen LogP contribution is -2.44. The number of carbonyl (C=O) groups is 1. The summed E-state index contributed by atoms with van der Waals surface area (Å²) in [5, 5.41) is 23.6. The van der Waals surface area contributed by atoms with Gasteiger partial charge in [0.1, 0.15) is 5.82 Å². The molecule has 2 aromatic carbocycles. The van der Waals surface area contributed by atoms with Gasteiger partial charge >= 0.3 is 0 Å². The fourth-order valence-corrected chi connectivity index (χ4v) is 5.60. The lowest BCUT2D eigenvalue weighted by atomic mass is 9.82. The molecule has 2 unspecified atom stereocenters. The van der Waals surface area contributed by atoms with Gasteiger partial charge in [0, 0.05) is 28.4 Å². The van der Waals surface area contributed by atoms with Crippen LogP contribution in [0.25, 0.3) is 0 Å². The number of carbonyl (C=O) groups excluding carboxylic acids is 1. The van der Waals surface area contributed by atoms with Gasteiger partial charge in [-0.1, -0.05) is 43.0 Å². The number of hydrogen-bond donors (Lipinski definition) is 3. The van der Waals surface area contributed by atoms with Crippen molar-refractivity contribution in [3.8, 4) is 12.0 Å². The fraction of sp³-hybridized carbons (Fsp3) is 0.310. The Morgan fingerprint density at radius 1 is 1.16 bits per heavy atom. The third kappa shape index (κ3) is 4.57. The lowest BCUT2D eigenvalue weighted by Gasteiger charge is -2.35. The third-order valence-electron chi connectivity index (χ3n) is 7.37. The fourth-order valence-electron chi connectivity index (χ4n) is 5.48. The summed E-state index contributed by atoms with van der Waals surface area (Å²) in [7, 11) is 0. The van der Waals surface area contributed by atoms with E-state index >= 15 is 4.39 Å². The molecule has 0 spiro atoms. The number of nitrogens with zero attached hydrogens (tertiary/aromatic N) is 2. The average Bonchev–Trinajstić information content (AvgIpc) is 3.13. The molecule has 8 heteroatoms. The standard InChI is InChI=1S/C29H27ClFN3O3/c30-22-9-7-21(8-10-22)29(37)26-24(14-20(15-25(26)31)27(35)19-4-2-1-3-5-19)28(36)34(29)17-23-11-6-18(12-13-32)16-33-23/h6-11,14-16,19,27,35,37H,1-5,17,32H2.